The summed E-state index contributed by atoms with van der Waals surface area (Å²) >= 11 is 0. The maximum Gasteiger partial charge on any atom is 0.275 e. The highest BCUT2D eigenvalue weighted by Gasteiger charge is 2.37. The largest absolute Gasteiger partial charge is 0.379 e. The first-order valence-corrected chi connectivity index (χ1v) is 8.02. The van der Waals surface area contributed by atoms with Gasteiger partial charge in [0, 0.05) is 25.1 Å². The van der Waals surface area contributed by atoms with Crippen LogP contribution in [0.2, 0.25) is 0 Å². The number of nitrogens with one attached hydrogen (secondary N) is 1. The molecule has 22 heavy (non-hydrogen) atoms. The van der Waals surface area contributed by atoms with Crippen LogP contribution in [0.15, 0.2) is 0 Å². The SMILES string of the molecule is C[C@@H]1Cc2c(C(=O)N3CCCOCC3(C)C)n[nH]c2[C@H](C)O1. The van der Waals surface area contributed by atoms with Crippen LogP contribution < -0.4 is 0 Å². The third kappa shape index (κ3) is 2.65. The quantitative estimate of drug-likeness (QED) is 0.862. The number of H-pyrrole nitrogens is 1. The molecule has 0 aromatic carbocycles. The minimum Gasteiger partial charge on any atom is -0.379 e. The van der Waals surface area contributed by atoms with Gasteiger partial charge in [0.05, 0.1) is 30.0 Å². The molecule has 1 N–H and O–H groups in total. The standard InChI is InChI=1S/C16H25N3O3/c1-10-8-12-13(11(2)22-10)17-18-14(12)15(20)19-6-5-7-21-9-16(19,3)4/h10-11H,5-9H2,1-4H3,(H,17,18)/t10-,11+/m1/s1. The molecular weight excluding hydrogens is 282 g/mol. The number of carbonyl (C=O) groups is 1. The zero-order valence-corrected chi connectivity index (χ0v) is 13.8. The summed E-state index contributed by atoms with van der Waals surface area (Å²) in [5, 5.41) is 7.32. The van der Waals surface area contributed by atoms with Crippen LogP contribution in [-0.2, 0) is 15.9 Å². The van der Waals surface area contributed by atoms with E-state index in [0.717, 1.165) is 24.1 Å². The van der Waals surface area contributed by atoms with Crippen molar-refractivity contribution in [2.45, 2.75) is 58.3 Å². The molecule has 1 aromatic heterocycles. The van der Waals surface area contributed by atoms with Gasteiger partial charge in [0.25, 0.3) is 5.91 Å². The van der Waals surface area contributed by atoms with Gasteiger partial charge in [0.2, 0.25) is 0 Å². The van der Waals surface area contributed by atoms with Gasteiger partial charge in [-0.25, -0.2) is 0 Å². The molecule has 2 aliphatic heterocycles. The second-order valence-corrected chi connectivity index (χ2v) is 6.93. The Bertz CT molecular complexity index is 567. The average molecular weight is 307 g/mol. The van der Waals surface area contributed by atoms with E-state index in [-0.39, 0.29) is 23.7 Å². The van der Waals surface area contributed by atoms with Crippen LogP contribution in [0.1, 0.15) is 62.0 Å². The van der Waals surface area contributed by atoms with E-state index in [0.29, 0.717) is 25.5 Å². The fourth-order valence-corrected chi connectivity index (χ4v) is 3.38. The van der Waals surface area contributed by atoms with Crippen LogP contribution in [-0.4, -0.2) is 52.4 Å². The lowest BCUT2D eigenvalue weighted by atomic mass is 9.97. The van der Waals surface area contributed by atoms with Gasteiger partial charge < -0.3 is 14.4 Å². The summed E-state index contributed by atoms with van der Waals surface area (Å²) in [4.78, 5) is 15.0. The van der Waals surface area contributed by atoms with Crippen molar-refractivity contribution in [3.63, 3.8) is 0 Å². The lowest BCUT2D eigenvalue weighted by Gasteiger charge is -2.36. The molecular formula is C16H25N3O3. The van der Waals surface area contributed by atoms with Crippen molar-refractivity contribution < 1.29 is 14.3 Å². The Morgan fingerprint density at radius 2 is 2.18 bits per heavy atom. The summed E-state index contributed by atoms with van der Waals surface area (Å²) in [6, 6.07) is 0. The van der Waals surface area contributed by atoms with Crippen LogP contribution in [0.25, 0.3) is 0 Å². The van der Waals surface area contributed by atoms with Crippen molar-refractivity contribution in [3.05, 3.63) is 17.0 Å². The first-order valence-electron chi connectivity index (χ1n) is 8.02. The fourth-order valence-electron chi connectivity index (χ4n) is 3.38. The summed E-state index contributed by atoms with van der Waals surface area (Å²) in [5.74, 6) is -0.00528. The molecule has 6 heteroatoms. The molecule has 2 atom stereocenters. The molecule has 0 aliphatic carbocycles. The van der Waals surface area contributed by atoms with Crippen LogP contribution in [0.4, 0.5) is 0 Å². The van der Waals surface area contributed by atoms with Crippen molar-refractivity contribution in [2.24, 2.45) is 0 Å². The van der Waals surface area contributed by atoms with Crippen molar-refractivity contribution in [1.82, 2.24) is 15.1 Å². The summed E-state index contributed by atoms with van der Waals surface area (Å²) in [5.41, 5.74) is 2.18. The first kappa shape index (κ1) is 15.5. The number of hydrogen-bond donors (Lipinski definition) is 1. The molecule has 0 unspecified atom stereocenters. The molecule has 0 radical (unpaired) electrons. The Kier molecular flexibility index (Phi) is 3.99. The highest BCUT2D eigenvalue weighted by Crippen LogP contribution is 2.31. The molecule has 2 aliphatic rings. The van der Waals surface area contributed by atoms with E-state index in [9.17, 15) is 4.79 Å². The highest BCUT2D eigenvalue weighted by atomic mass is 16.5. The predicted molar refractivity (Wildman–Crippen MR) is 81.8 cm³/mol. The Morgan fingerprint density at radius 1 is 1.41 bits per heavy atom. The predicted octanol–water partition coefficient (Wildman–Crippen LogP) is 2.07. The molecule has 1 aromatic rings. The average Bonchev–Trinajstić information content (AvgIpc) is 2.77. The van der Waals surface area contributed by atoms with Gasteiger partial charge in [-0.2, -0.15) is 5.10 Å². The third-order valence-electron chi connectivity index (χ3n) is 4.54. The van der Waals surface area contributed by atoms with Gasteiger partial charge in [-0.1, -0.05) is 0 Å². The van der Waals surface area contributed by atoms with Crippen LogP contribution in [0.5, 0.6) is 0 Å². The molecule has 3 heterocycles. The second kappa shape index (κ2) is 5.66. The Balaban J connectivity index is 1.92. The van der Waals surface area contributed by atoms with Crippen LogP contribution in [0.3, 0.4) is 0 Å². The molecule has 0 saturated carbocycles. The molecule has 0 spiro atoms. The minimum absolute atomic E-state index is 0.00528. The molecule has 1 saturated heterocycles. The number of carbonyl (C=O) groups excluding carboxylic acids is 1. The lowest BCUT2D eigenvalue weighted by molar-refractivity contribution is -0.00711. The zero-order valence-electron chi connectivity index (χ0n) is 13.8. The molecule has 122 valence electrons. The smallest absolute Gasteiger partial charge is 0.275 e. The second-order valence-electron chi connectivity index (χ2n) is 6.93. The van der Waals surface area contributed by atoms with Gasteiger partial charge in [0.1, 0.15) is 0 Å². The number of hydrogen-bond acceptors (Lipinski definition) is 4. The number of rotatable bonds is 1. The highest BCUT2D eigenvalue weighted by molar-refractivity contribution is 5.94. The fraction of sp³-hybridized carbons (Fsp3) is 0.750. The molecule has 1 amide bonds. The van der Waals surface area contributed by atoms with Crippen molar-refractivity contribution in [1.29, 1.82) is 0 Å². The topological polar surface area (TPSA) is 67.5 Å². The molecule has 1 fully saturated rings. The van der Waals surface area contributed by atoms with Crippen LogP contribution >= 0.6 is 0 Å². The van der Waals surface area contributed by atoms with Crippen molar-refractivity contribution >= 4 is 5.91 Å². The van der Waals surface area contributed by atoms with Crippen molar-refractivity contribution in [3.8, 4) is 0 Å². The summed E-state index contributed by atoms with van der Waals surface area (Å²) in [6.45, 7) is 10.1. The zero-order chi connectivity index (χ0) is 15.9. The van der Waals surface area contributed by atoms with Gasteiger partial charge in [-0.3, -0.25) is 9.89 Å². The Hall–Kier alpha value is -1.40. The molecule has 3 rings (SSSR count). The van der Waals surface area contributed by atoms with E-state index in [2.05, 4.69) is 10.2 Å². The van der Waals surface area contributed by atoms with E-state index in [4.69, 9.17) is 9.47 Å². The Labute approximate surface area is 131 Å². The number of aromatic amines is 1. The maximum atomic E-state index is 13.1. The number of fused-ring (bicyclic) bond motifs is 1. The van der Waals surface area contributed by atoms with Gasteiger partial charge in [-0.15, -0.1) is 0 Å². The number of aromatic nitrogens is 2. The van der Waals surface area contributed by atoms with E-state index >= 15 is 0 Å². The lowest BCUT2D eigenvalue weighted by Crippen LogP contribution is -2.50. The summed E-state index contributed by atoms with van der Waals surface area (Å²) in [7, 11) is 0. The monoisotopic (exact) mass is 307 g/mol. The number of amides is 1. The van der Waals surface area contributed by atoms with E-state index < -0.39 is 0 Å². The van der Waals surface area contributed by atoms with E-state index in [1.54, 1.807) is 0 Å². The summed E-state index contributed by atoms with van der Waals surface area (Å²) in [6.07, 6.45) is 1.64. The maximum absolute atomic E-state index is 13.1. The van der Waals surface area contributed by atoms with E-state index in [1.165, 1.54) is 0 Å². The number of ether oxygens (including phenoxy) is 2. The third-order valence-corrected chi connectivity index (χ3v) is 4.54. The van der Waals surface area contributed by atoms with Gasteiger partial charge in [0.15, 0.2) is 5.69 Å². The van der Waals surface area contributed by atoms with E-state index in [1.807, 2.05) is 32.6 Å². The van der Waals surface area contributed by atoms with Crippen molar-refractivity contribution in [2.75, 3.05) is 19.8 Å². The Morgan fingerprint density at radius 3 is 2.95 bits per heavy atom. The first-order chi connectivity index (χ1) is 10.4. The van der Waals surface area contributed by atoms with Gasteiger partial charge >= 0.3 is 0 Å². The molecule has 6 nitrogen and oxygen atoms in total. The summed E-state index contributed by atoms with van der Waals surface area (Å²) < 4.78 is 11.4. The number of nitrogens with zero attached hydrogens (tertiary/aromatic N) is 2. The van der Waals surface area contributed by atoms with Crippen LogP contribution in [0, 0.1) is 0 Å². The van der Waals surface area contributed by atoms with Gasteiger partial charge in [-0.05, 0) is 34.1 Å². The molecule has 0 bridgehead atoms. The normalized spacial score (nSPS) is 28.1. The minimum atomic E-state index is -0.318.